The Balaban J connectivity index is 1.69. The minimum absolute atomic E-state index is 0.00804. The van der Waals surface area contributed by atoms with E-state index in [0.717, 1.165) is 17.8 Å². The van der Waals surface area contributed by atoms with Crippen molar-refractivity contribution >= 4 is 11.6 Å². The molecular formula is C17H16F3N3O. The Morgan fingerprint density at radius 3 is 2.67 bits per heavy atom. The molecule has 2 aliphatic heterocycles. The molecule has 1 aromatic carbocycles. The third-order valence-corrected chi connectivity index (χ3v) is 3.98. The van der Waals surface area contributed by atoms with E-state index in [-0.39, 0.29) is 12.1 Å². The smallest absolute Gasteiger partial charge is 0.366 e. The van der Waals surface area contributed by atoms with E-state index >= 15 is 0 Å². The SMILES string of the molecule is CC(C(=O)Nc1ccc(C(F)(F)F)cc1)C1=CC=CC2NC=CN12. The highest BCUT2D eigenvalue weighted by Gasteiger charge is 2.31. The van der Waals surface area contributed by atoms with E-state index in [1.807, 2.05) is 29.3 Å². The number of hydrogen-bond donors (Lipinski definition) is 2. The molecule has 7 heteroatoms. The first-order valence-corrected chi connectivity index (χ1v) is 7.44. The van der Waals surface area contributed by atoms with Crippen molar-refractivity contribution < 1.29 is 18.0 Å². The zero-order valence-electron chi connectivity index (χ0n) is 12.8. The lowest BCUT2D eigenvalue weighted by atomic mass is 10.0. The summed E-state index contributed by atoms with van der Waals surface area (Å²) in [6.07, 6.45) is 4.94. The van der Waals surface area contributed by atoms with Gasteiger partial charge in [-0.15, -0.1) is 0 Å². The maximum Gasteiger partial charge on any atom is 0.416 e. The molecule has 2 atom stereocenters. The van der Waals surface area contributed by atoms with Crippen molar-refractivity contribution in [3.8, 4) is 0 Å². The maximum atomic E-state index is 12.6. The van der Waals surface area contributed by atoms with Crippen molar-refractivity contribution in [2.45, 2.75) is 19.3 Å². The van der Waals surface area contributed by atoms with Crippen LogP contribution in [0.25, 0.3) is 0 Å². The Labute approximate surface area is 137 Å². The number of benzene rings is 1. The third-order valence-electron chi connectivity index (χ3n) is 3.98. The Kier molecular flexibility index (Phi) is 4.09. The summed E-state index contributed by atoms with van der Waals surface area (Å²) in [7, 11) is 0. The van der Waals surface area contributed by atoms with Gasteiger partial charge in [0.1, 0.15) is 6.17 Å². The molecule has 4 nitrogen and oxygen atoms in total. The molecule has 0 saturated heterocycles. The second-order valence-electron chi connectivity index (χ2n) is 5.60. The van der Waals surface area contributed by atoms with Crippen LogP contribution in [-0.2, 0) is 11.0 Å². The lowest BCUT2D eigenvalue weighted by Crippen LogP contribution is -2.38. The van der Waals surface area contributed by atoms with Gasteiger partial charge in [-0.1, -0.05) is 6.08 Å². The Morgan fingerprint density at radius 2 is 2.00 bits per heavy atom. The fourth-order valence-electron chi connectivity index (χ4n) is 2.63. The van der Waals surface area contributed by atoms with Crippen LogP contribution in [-0.4, -0.2) is 17.0 Å². The number of nitrogens with one attached hydrogen (secondary N) is 2. The molecule has 0 saturated carbocycles. The van der Waals surface area contributed by atoms with Crippen LogP contribution in [0.1, 0.15) is 12.5 Å². The van der Waals surface area contributed by atoms with Gasteiger partial charge >= 0.3 is 6.18 Å². The number of carbonyl (C=O) groups excluding carboxylic acids is 1. The molecule has 3 rings (SSSR count). The first-order chi connectivity index (χ1) is 11.4. The van der Waals surface area contributed by atoms with Crippen molar-refractivity contribution in [3.63, 3.8) is 0 Å². The number of hydrogen-bond acceptors (Lipinski definition) is 3. The third kappa shape index (κ3) is 3.15. The second-order valence-corrected chi connectivity index (χ2v) is 5.60. The fourth-order valence-corrected chi connectivity index (χ4v) is 2.63. The Bertz CT molecular complexity index is 720. The number of allylic oxidation sites excluding steroid dienone is 2. The maximum absolute atomic E-state index is 12.6. The van der Waals surface area contributed by atoms with Crippen molar-refractivity contribution in [3.05, 3.63) is 66.2 Å². The van der Waals surface area contributed by atoms with Crippen LogP contribution in [0.5, 0.6) is 0 Å². The standard InChI is InChI=1S/C17H16F3N3O/c1-11(14-3-2-4-15-21-9-10-23(14)15)16(24)22-13-7-5-12(6-8-13)17(18,19)20/h2-11,15,21H,1H3,(H,22,24). The molecule has 2 N–H and O–H groups in total. The van der Waals surface area contributed by atoms with E-state index in [2.05, 4.69) is 10.6 Å². The number of halogens is 3. The monoisotopic (exact) mass is 335 g/mol. The number of anilines is 1. The topological polar surface area (TPSA) is 44.4 Å². The van der Waals surface area contributed by atoms with Crippen LogP contribution in [0.3, 0.4) is 0 Å². The summed E-state index contributed by atoms with van der Waals surface area (Å²) in [4.78, 5) is 14.4. The molecule has 2 unspecified atom stereocenters. The molecule has 1 amide bonds. The predicted molar refractivity (Wildman–Crippen MR) is 84.4 cm³/mol. The minimum Gasteiger partial charge on any atom is -0.366 e. The average molecular weight is 335 g/mol. The quantitative estimate of drug-likeness (QED) is 0.889. The van der Waals surface area contributed by atoms with E-state index in [1.54, 1.807) is 13.1 Å². The zero-order chi connectivity index (χ0) is 17.3. The molecule has 126 valence electrons. The van der Waals surface area contributed by atoms with E-state index in [1.165, 1.54) is 12.1 Å². The number of nitrogens with zero attached hydrogens (tertiary/aromatic N) is 1. The zero-order valence-corrected chi connectivity index (χ0v) is 12.8. The van der Waals surface area contributed by atoms with Gasteiger partial charge in [0.15, 0.2) is 0 Å². The fraction of sp³-hybridized carbons (Fsp3) is 0.235. The highest BCUT2D eigenvalue weighted by Crippen LogP contribution is 2.30. The minimum atomic E-state index is -4.39. The van der Waals surface area contributed by atoms with Crippen molar-refractivity contribution in [1.29, 1.82) is 0 Å². The van der Waals surface area contributed by atoms with Crippen molar-refractivity contribution in [2.75, 3.05) is 5.32 Å². The van der Waals surface area contributed by atoms with Gasteiger partial charge in [0, 0.05) is 23.8 Å². The number of amides is 1. The summed E-state index contributed by atoms with van der Waals surface area (Å²) in [5.41, 5.74) is 0.399. The molecule has 0 fully saturated rings. The highest BCUT2D eigenvalue weighted by atomic mass is 19.4. The van der Waals surface area contributed by atoms with Crippen LogP contribution in [0.4, 0.5) is 18.9 Å². The average Bonchev–Trinajstić information content (AvgIpc) is 3.02. The Morgan fingerprint density at radius 1 is 1.29 bits per heavy atom. The van der Waals surface area contributed by atoms with Crippen LogP contribution >= 0.6 is 0 Å². The van der Waals surface area contributed by atoms with Gasteiger partial charge in [-0.2, -0.15) is 13.2 Å². The van der Waals surface area contributed by atoms with E-state index in [9.17, 15) is 18.0 Å². The summed E-state index contributed by atoms with van der Waals surface area (Å²) in [5, 5.41) is 5.79. The molecule has 0 bridgehead atoms. The van der Waals surface area contributed by atoms with Crippen LogP contribution < -0.4 is 10.6 Å². The molecule has 0 aliphatic carbocycles. The first-order valence-electron chi connectivity index (χ1n) is 7.44. The van der Waals surface area contributed by atoms with Crippen LogP contribution in [0.2, 0.25) is 0 Å². The predicted octanol–water partition coefficient (Wildman–Crippen LogP) is 3.44. The second kappa shape index (κ2) is 6.07. The summed E-state index contributed by atoms with van der Waals surface area (Å²) in [5.74, 6) is -0.736. The van der Waals surface area contributed by atoms with E-state index in [4.69, 9.17) is 0 Å². The lowest BCUT2D eigenvalue weighted by Gasteiger charge is -2.31. The summed E-state index contributed by atoms with van der Waals surface area (Å²) in [6.45, 7) is 1.76. The number of carbonyl (C=O) groups is 1. The van der Waals surface area contributed by atoms with Crippen molar-refractivity contribution in [1.82, 2.24) is 10.2 Å². The van der Waals surface area contributed by atoms with Gasteiger partial charge < -0.3 is 15.5 Å². The van der Waals surface area contributed by atoms with E-state index in [0.29, 0.717) is 5.69 Å². The van der Waals surface area contributed by atoms with Gasteiger partial charge in [0.05, 0.1) is 11.5 Å². The highest BCUT2D eigenvalue weighted by molar-refractivity contribution is 5.94. The van der Waals surface area contributed by atoms with Gasteiger partial charge in [-0.3, -0.25) is 4.79 Å². The summed E-state index contributed by atoms with van der Waals surface area (Å²) >= 11 is 0. The first kappa shape index (κ1) is 16.2. The van der Waals surface area contributed by atoms with Crippen LogP contribution in [0, 0.1) is 5.92 Å². The van der Waals surface area contributed by atoms with Gasteiger partial charge in [-0.25, -0.2) is 0 Å². The molecule has 24 heavy (non-hydrogen) atoms. The molecule has 2 heterocycles. The summed E-state index contributed by atoms with van der Waals surface area (Å²) in [6, 6.07) is 4.41. The van der Waals surface area contributed by atoms with E-state index < -0.39 is 17.7 Å². The molecule has 0 spiro atoms. The normalized spacial score (nSPS) is 20.2. The number of fused-ring (bicyclic) bond motifs is 1. The summed E-state index contributed by atoms with van der Waals surface area (Å²) < 4.78 is 37.7. The molecule has 2 aliphatic rings. The number of rotatable bonds is 3. The molecule has 1 aromatic rings. The van der Waals surface area contributed by atoms with Gasteiger partial charge in [-0.05, 0) is 43.3 Å². The molecule has 0 radical (unpaired) electrons. The molecular weight excluding hydrogens is 319 g/mol. The van der Waals surface area contributed by atoms with Gasteiger partial charge in [0.25, 0.3) is 0 Å². The largest absolute Gasteiger partial charge is 0.416 e. The molecule has 0 aromatic heterocycles. The van der Waals surface area contributed by atoms with Gasteiger partial charge in [0.2, 0.25) is 5.91 Å². The van der Waals surface area contributed by atoms with Crippen LogP contribution in [0.15, 0.2) is 60.6 Å². The lowest BCUT2D eigenvalue weighted by molar-refractivity contribution is -0.137. The van der Waals surface area contributed by atoms with Crippen molar-refractivity contribution in [2.24, 2.45) is 5.92 Å². The number of alkyl halides is 3. The Hall–Kier alpha value is -2.70.